The Morgan fingerprint density at radius 1 is 0.974 bits per heavy atom. The number of hydrogen-bond acceptors (Lipinski definition) is 6. The van der Waals surface area contributed by atoms with E-state index < -0.39 is 16.5 Å². The van der Waals surface area contributed by atoms with Crippen molar-refractivity contribution in [3.63, 3.8) is 0 Å². The van der Waals surface area contributed by atoms with Crippen molar-refractivity contribution >= 4 is 52.1 Å². The van der Waals surface area contributed by atoms with Crippen molar-refractivity contribution in [3.8, 4) is 5.75 Å². The first-order chi connectivity index (χ1) is 18.2. The minimum Gasteiger partial charge on any atom is -0.494 e. The highest BCUT2D eigenvalue weighted by atomic mass is 35.5. The summed E-state index contributed by atoms with van der Waals surface area (Å²) in [4.78, 5) is 14.8. The summed E-state index contributed by atoms with van der Waals surface area (Å²) in [7, 11) is 0. The highest BCUT2D eigenvalue weighted by molar-refractivity contribution is 6.35. The number of alkyl halides is 1. The second-order valence-corrected chi connectivity index (χ2v) is 10.3. The summed E-state index contributed by atoms with van der Waals surface area (Å²) in [5.74, 6) is 0.606. The van der Waals surface area contributed by atoms with Crippen LogP contribution in [0.2, 0.25) is 15.1 Å². The van der Waals surface area contributed by atoms with E-state index in [1.807, 2.05) is 47.3 Å². The normalized spacial score (nSPS) is 14.6. The van der Waals surface area contributed by atoms with Gasteiger partial charge in [0.25, 0.3) is 5.69 Å². The standard InChI is InChI=1S/C27H25Cl4N3O4/c1-2-37-25-10-9-23(34(35)36)13-20(25)15-32-11-12-33(17-32)27(31)26(18-3-6-21(28)7-4-18)38-16-19-5-8-22(29)14-24(19)30/h3-14,26-27H,2,15-17H2,1H3. The minimum absolute atomic E-state index is 0.00997. The van der Waals surface area contributed by atoms with E-state index in [1.54, 1.807) is 30.3 Å². The van der Waals surface area contributed by atoms with Crippen LogP contribution >= 0.6 is 46.4 Å². The molecule has 1 heterocycles. The molecule has 3 aromatic rings. The van der Waals surface area contributed by atoms with Crippen LogP contribution < -0.4 is 4.74 Å². The van der Waals surface area contributed by atoms with E-state index in [0.717, 1.165) is 11.1 Å². The van der Waals surface area contributed by atoms with E-state index in [-0.39, 0.29) is 12.3 Å². The van der Waals surface area contributed by atoms with Gasteiger partial charge < -0.3 is 19.3 Å². The highest BCUT2D eigenvalue weighted by Crippen LogP contribution is 2.34. The third-order valence-corrected chi connectivity index (χ3v) is 7.26. The Morgan fingerprint density at radius 2 is 1.71 bits per heavy atom. The van der Waals surface area contributed by atoms with Gasteiger partial charge in [-0.1, -0.05) is 64.6 Å². The smallest absolute Gasteiger partial charge is 0.270 e. The SMILES string of the molecule is CCOc1ccc([N+](=O)[O-])cc1CN1C=CN(C(Cl)C(OCc2ccc(Cl)cc2Cl)c2ccc(Cl)cc2)C1. The van der Waals surface area contributed by atoms with Crippen LogP contribution in [0.3, 0.4) is 0 Å². The third-order valence-electron chi connectivity index (χ3n) is 5.94. The van der Waals surface area contributed by atoms with Crippen LogP contribution in [0.1, 0.15) is 29.7 Å². The molecule has 1 aliphatic heterocycles. The minimum atomic E-state index is -0.583. The molecule has 2 atom stereocenters. The summed E-state index contributed by atoms with van der Waals surface area (Å²) < 4.78 is 12.0. The largest absolute Gasteiger partial charge is 0.494 e. The van der Waals surface area contributed by atoms with E-state index in [1.165, 1.54) is 12.1 Å². The van der Waals surface area contributed by atoms with Crippen LogP contribution in [-0.2, 0) is 17.9 Å². The third kappa shape index (κ3) is 7.04. The van der Waals surface area contributed by atoms with Crippen LogP contribution in [0.25, 0.3) is 0 Å². The Labute approximate surface area is 241 Å². The van der Waals surface area contributed by atoms with Crippen molar-refractivity contribution in [1.29, 1.82) is 0 Å². The lowest BCUT2D eigenvalue weighted by molar-refractivity contribution is -0.385. The topological polar surface area (TPSA) is 68.1 Å². The van der Waals surface area contributed by atoms with Crippen LogP contribution in [-0.4, -0.2) is 33.5 Å². The average molecular weight is 597 g/mol. The molecule has 0 aromatic heterocycles. The molecule has 7 nitrogen and oxygen atoms in total. The van der Waals surface area contributed by atoms with Crippen molar-refractivity contribution in [1.82, 2.24) is 9.80 Å². The van der Waals surface area contributed by atoms with Crippen LogP contribution in [0.5, 0.6) is 5.75 Å². The molecule has 4 rings (SSSR count). The Kier molecular flexibility index (Phi) is 9.63. The summed E-state index contributed by atoms with van der Waals surface area (Å²) in [5.41, 5.74) is 1.77. The number of hydrogen-bond donors (Lipinski definition) is 0. The van der Waals surface area contributed by atoms with Gasteiger partial charge in [-0.15, -0.1) is 0 Å². The number of nitrogens with zero attached hydrogens (tertiary/aromatic N) is 3. The molecule has 11 heteroatoms. The second-order valence-electron chi connectivity index (χ2n) is 8.57. The lowest BCUT2D eigenvalue weighted by Gasteiger charge is -2.32. The van der Waals surface area contributed by atoms with Gasteiger partial charge in [0.15, 0.2) is 0 Å². The Hall–Kier alpha value is -2.68. The molecular formula is C27H25Cl4N3O4. The molecule has 0 amide bonds. The van der Waals surface area contributed by atoms with Crippen molar-refractivity contribution < 1.29 is 14.4 Å². The second kappa shape index (κ2) is 12.9. The summed E-state index contributed by atoms with van der Waals surface area (Å²) >= 11 is 25.5. The first kappa shape index (κ1) is 28.3. The van der Waals surface area contributed by atoms with Crippen LogP contribution in [0.4, 0.5) is 5.69 Å². The van der Waals surface area contributed by atoms with E-state index >= 15 is 0 Å². The molecule has 3 aromatic carbocycles. The average Bonchev–Trinajstić information content (AvgIpc) is 3.35. The molecule has 0 fully saturated rings. The van der Waals surface area contributed by atoms with Crippen molar-refractivity contribution in [3.05, 3.63) is 115 Å². The van der Waals surface area contributed by atoms with Gasteiger partial charge in [-0.25, -0.2) is 0 Å². The predicted octanol–water partition coefficient (Wildman–Crippen LogP) is 8.02. The van der Waals surface area contributed by atoms with Gasteiger partial charge in [-0.3, -0.25) is 10.1 Å². The van der Waals surface area contributed by atoms with Gasteiger partial charge in [0.2, 0.25) is 0 Å². The molecule has 2 unspecified atom stereocenters. The summed E-state index contributed by atoms with van der Waals surface area (Å²) in [5, 5.41) is 13.0. The first-order valence-corrected chi connectivity index (χ1v) is 13.4. The Balaban J connectivity index is 1.50. The summed E-state index contributed by atoms with van der Waals surface area (Å²) in [6.45, 7) is 3.39. The van der Waals surface area contributed by atoms with E-state index in [9.17, 15) is 10.1 Å². The fraction of sp³-hybridized carbons (Fsp3) is 0.259. The molecule has 38 heavy (non-hydrogen) atoms. The van der Waals surface area contributed by atoms with Crippen molar-refractivity contribution in [2.24, 2.45) is 0 Å². The molecule has 0 saturated carbocycles. The number of rotatable bonds is 11. The van der Waals surface area contributed by atoms with Crippen molar-refractivity contribution in [2.45, 2.75) is 31.7 Å². The maximum Gasteiger partial charge on any atom is 0.270 e. The predicted molar refractivity (Wildman–Crippen MR) is 151 cm³/mol. The monoisotopic (exact) mass is 595 g/mol. The number of ether oxygens (including phenoxy) is 2. The molecule has 1 aliphatic rings. The fourth-order valence-electron chi connectivity index (χ4n) is 4.04. The van der Waals surface area contributed by atoms with Gasteiger partial charge in [0.1, 0.15) is 17.4 Å². The van der Waals surface area contributed by atoms with Crippen LogP contribution in [0, 0.1) is 10.1 Å². The molecular weight excluding hydrogens is 572 g/mol. The van der Waals surface area contributed by atoms with Gasteiger partial charge in [0, 0.05) is 51.7 Å². The maximum absolute atomic E-state index is 11.3. The highest BCUT2D eigenvalue weighted by Gasteiger charge is 2.30. The molecule has 0 spiro atoms. The number of benzene rings is 3. The van der Waals surface area contributed by atoms with Crippen molar-refractivity contribution in [2.75, 3.05) is 13.3 Å². The molecule has 0 saturated heterocycles. The Morgan fingerprint density at radius 3 is 2.39 bits per heavy atom. The molecule has 0 aliphatic carbocycles. The maximum atomic E-state index is 11.3. The zero-order chi connectivity index (χ0) is 27.2. The number of halogens is 4. The van der Waals surface area contributed by atoms with Crippen LogP contribution in [0.15, 0.2) is 73.1 Å². The quantitative estimate of drug-likeness (QED) is 0.0966. The lowest BCUT2D eigenvalue weighted by Crippen LogP contribution is -2.35. The van der Waals surface area contributed by atoms with Gasteiger partial charge >= 0.3 is 0 Å². The zero-order valence-corrected chi connectivity index (χ0v) is 23.4. The van der Waals surface area contributed by atoms with E-state index in [2.05, 4.69) is 0 Å². The van der Waals surface area contributed by atoms with Gasteiger partial charge in [0.05, 0.1) is 24.8 Å². The van der Waals surface area contributed by atoms with E-state index in [4.69, 9.17) is 55.9 Å². The summed E-state index contributed by atoms with van der Waals surface area (Å²) in [6, 6.07) is 17.2. The number of non-ortho nitro benzene ring substituents is 1. The lowest BCUT2D eigenvalue weighted by atomic mass is 10.1. The molecule has 0 bridgehead atoms. The number of nitro benzene ring substituents is 1. The van der Waals surface area contributed by atoms with Gasteiger partial charge in [-0.05, 0) is 48.4 Å². The zero-order valence-electron chi connectivity index (χ0n) is 20.4. The number of nitro groups is 1. The summed E-state index contributed by atoms with van der Waals surface area (Å²) in [6.07, 6.45) is 3.23. The van der Waals surface area contributed by atoms with E-state index in [0.29, 0.717) is 46.2 Å². The fourth-order valence-corrected chi connectivity index (χ4v) is 4.98. The first-order valence-electron chi connectivity index (χ1n) is 11.8. The molecule has 0 N–H and O–H groups in total. The molecule has 200 valence electrons. The van der Waals surface area contributed by atoms with Gasteiger partial charge in [-0.2, -0.15) is 0 Å². The Bertz CT molecular complexity index is 1310. The molecule has 0 radical (unpaired) electrons.